The summed E-state index contributed by atoms with van der Waals surface area (Å²) in [7, 11) is 0. The van der Waals surface area contributed by atoms with Crippen LogP contribution in [0.25, 0.3) is 17.0 Å². The average Bonchev–Trinajstić information content (AvgIpc) is 2.29. The van der Waals surface area contributed by atoms with Crippen LogP contribution in [0.5, 0.6) is 0 Å². The second-order valence-corrected chi connectivity index (χ2v) is 3.51. The van der Waals surface area contributed by atoms with E-state index in [1.165, 1.54) is 0 Å². The Balaban J connectivity index is 2.60. The molecule has 0 bridgehead atoms. The average molecular weight is 219 g/mol. The van der Waals surface area contributed by atoms with Gasteiger partial charge in [-0.25, -0.2) is 0 Å². The first-order valence-corrected chi connectivity index (χ1v) is 5.22. The molecule has 0 aliphatic carbocycles. The number of nitrogens with zero attached hydrogens (tertiary/aromatic N) is 1. The highest BCUT2D eigenvalue weighted by molar-refractivity contribution is 6.19. The molecule has 0 spiro atoms. The van der Waals surface area contributed by atoms with Crippen LogP contribution in [0.4, 0.5) is 5.69 Å². The molecule has 2 nitrogen and oxygen atoms in total. The summed E-state index contributed by atoms with van der Waals surface area (Å²) in [5.41, 5.74) is 8.51. The van der Waals surface area contributed by atoms with Crippen LogP contribution in [0.2, 0.25) is 0 Å². The standard InChI is InChI=1S/C12H11ClN2/c13-7-1-3-9-5-6-10-4-2-8-15-12(10)11(9)14/h1-6,8H,7,14H2/b3-1-. The Morgan fingerprint density at radius 1 is 1.33 bits per heavy atom. The van der Waals surface area contributed by atoms with E-state index in [0.29, 0.717) is 11.6 Å². The van der Waals surface area contributed by atoms with Crippen molar-refractivity contribution < 1.29 is 0 Å². The highest BCUT2D eigenvalue weighted by atomic mass is 35.5. The Labute approximate surface area is 93.4 Å². The molecule has 0 radical (unpaired) electrons. The lowest BCUT2D eigenvalue weighted by Crippen LogP contribution is -1.92. The van der Waals surface area contributed by atoms with E-state index in [1.807, 2.05) is 36.4 Å². The van der Waals surface area contributed by atoms with E-state index in [4.69, 9.17) is 17.3 Å². The number of halogens is 1. The third kappa shape index (κ3) is 1.95. The van der Waals surface area contributed by atoms with Gasteiger partial charge in [-0.05, 0) is 11.6 Å². The van der Waals surface area contributed by atoms with Crippen molar-refractivity contribution in [3.05, 3.63) is 42.1 Å². The van der Waals surface area contributed by atoms with Crippen molar-refractivity contribution in [2.75, 3.05) is 11.6 Å². The van der Waals surface area contributed by atoms with Crippen LogP contribution in [0.15, 0.2) is 36.5 Å². The molecule has 1 heterocycles. The number of benzene rings is 1. The first-order valence-electron chi connectivity index (χ1n) is 4.68. The molecular weight excluding hydrogens is 208 g/mol. The fourth-order valence-corrected chi connectivity index (χ4v) is 1.59. The fraction of sp³-hybridized carbons (Fsp3) is 0.0833. The maximum Gasteiger partial charge on any atom is 0.0937 e. The SMILES string of the molecule is Nc1c(/C=C\CCl)ccc2cccnc12. The molecule has 2 aromatic rings. The van der Waals surface area contributed by atoms with E-state index in [2.05, 4.69) is 4.98 Å². The van der Waals surface area contributed by atoms with Crippen molar-refractivity contribution in [1.82, 2.24) is 4.98 Å². The molecule has 0 saturated carbocycles. The van der Waals surface area contributed by atoms with Crippen LogP contribution in [0.1, 0.15) is 5.56 Å². The van der Waals surface area contributed by atoms with Gasteiger partial charge in [0.2, 0.25) is 0 Å². The monoisotopic (exact) mass is 218 g/mol. The van der Waals surface area contributed by atoms with E-state index in [1.54, 1.807) is 6.20 Å². The summed E-state index contributed by atoms with van der Waals surface area (Å²) in [6.07, 6.45) is 5.52. The zero-order valence-corrected chi connectivity index (χ0v) is 8.91. The van der Waals surface area contributed by atoms with Gasteiger partial charge in [0.05, 0.1) is 11.2 Å². The maximum atomic E-state index is 6.00. The smallest absolute Gasteiger partial charge is 0.0937 e. The van der Waals surface area contributed by atoms with Crippen molar-refractivity contribution in [2.24, 2.45) is 0 Å². The van der Waals surface area contributed by atoms with Gasteiger partial charge in [-0.1, -0.05) is 30.4 Å². The zero-order valence-electron chi connectivity index (χ0n) is 8.15. The van der Waals surface area contributed by atoms with Crippen LogP contribution in [-0.4, -0.2) is 10.9 Å². The Morgan fingerprint density at radius 3 is 3.00 bits per heavy atom. The number of nitrogens with two attached hydrogens (primary N) is 1. The zero-order chi connectivity index (χ0) is 10.7. The van der Waals surface area contributed by atoms with Crippen LogP contribution < -0.4 is 5.73 Å². The number of alkyl halides is 1. The highest BCUT2D eigenvalue weighted by Gasteiger charge is 2.01. The topological polar surface area (TPSA) is 38.9 Å². The molecule has 0 aliphatic rings. The summed E-state index contributed by atoms with van der Waals surface area (Å²) in [6.45, 7) is 0. The third-order valence-electron chi connectivity index (χ3n) is 2.23. The van der Waals surface area contributed by atoms with Crippen molar-refractivity contribution >= 4 is 34.3 Å². The summed E-state index contributed by atoms with van der Waals surface area (Å²) in [5, 5.41) is 1.05. The van der Waals surface area contributed by atoms with Gasteiger partial charge in [0.25, 0.3) is 0 Å². The third-order valence-corrected chi connectivity index (χ3v) is 2.41. The lowest BCUT2D eigenvalue weighted by Gasteiger charge is -2.04. The van der Waals surface area contributed by atoms with Gasteiger partial charge >= 0.3 is 0 Å². The van der Waals surface area contributed by atoms with Gasteiger partial charge in [0.1, 0.15) is 0 Å². The second-order valence-electron chi connectivity index (χ2n) is 3.20. The molecule has 0 saturated heterocycles. The molecule has 76 valence electrons. The second kappa shape index (κ2) is 4.32. The molecule has 0 aliphatic heterocycles. The fourth-order valence-electron chi connectivity index (χ4n) is 1.50. The minimum absolute atomic E-state index is 0.486. The number of pyridine rings is 1. The molecule has 1 aromatic heterocycles. The number of anilines is 1. The first kappa shape index (κ1) is 9.99. The highest BCUT2D eigenvalue weighted by Crippen LogP contribution is 2.23. The number of allylic oxidation sites excluding steroid dienone is 1. The maximum absolute atomic E-state index is 6.00. The van der Waals surface area contributed by atoms with Crippen LogP contribution in [0.3, 0.4) is 0 Å². The number of aromatic nitrogens is 1. The van der Waals surface area contributed by atoms with Crippen LogP contribution in [0, 0.1) is 0 Å². The van der Waals surface area contributed by atoms with Crippen LogP contribution >= 0.6 is 11.6 Å². The van der Waals surface area contributed by atoms with Gasteiger partial charge in [0, 0.05) is 17.5 Å². The minimum Gasteiger partial charge on any atom is -0.396 e. The first-order chi connectivity index (χ1) is 7.33. The Kier molecular flexibility index (Phi) is 2.88. The van der Waals surface area contributed by atoms with E-state index in [9.17, 15) is 0 Å². The van der Waals surface area contributed by atoms with Gasteiger partial charge in [-0.15, -0.1) is 11.6 Å². The summed E-state index contributed by atoms with van der Waals surface area (Å²) in [6, 6.07) is 7.87. The molecular formula is C12H11ClN2. The lowest BCUT2D eigenvalue weighted by molar-refractivity contribution is 1.41. The van der Waals surface area contributed by atoms with E-state index in [0.717, 1.165) is 16.5 Å². The largest absolute Gasteiger partial charge is 0.396 e. The predicted octanol–water partition coefficient (Wildman–Crippen LogP) is 3.07. The summed E-state index contributed by atoms with van der Waals surface area (Å²) >= 11 is 5.58. The van der Waals surface area contributed by atoms with E-state index in [-0.39, 0.29) is 0 Å². The van der Waals surface area contributed by atoms with Gasteiger partial charge in [0.15, 0.2) is 0 Å². The number of fused-ring (bicyclic) bond motifs is 1. The molecule has 1 aromatic carbocycles. The van der Waals surface area contributed by atoms with Crippen molar-refractivity contribution in [3.8, 4) is 0 Å². The lowest BCUT2D eigenvalue weighted by atomic mass is 10.1. The molecule has 15 heavy (non-hydrogen) atoms. The molecule has 0 atom stereocenters. The molecule has 3 heteroatoms. The normalized spacial score (nSPS) is 11.3. The van der Waals surface area contributed by atoms with Crippen molar-refractivity contribution in [1.29, 1.82) is 0 Å². The predicted molar refractivity (Wildman–Crippen MR) is 65.9 cm³/mol. The van der Waals surface area contributed by atoms with Crippen LogP contribution in [-0.2, 0) is 0 Å². The summed E-state index contributed by atoms with van der Waals surface area (Å²) < 4.78 is 0. The van der Waals surface area contributed by atoms with Gasteiger partial charge in [-0.2, -0.15) is 0 Å². The molecule has 0 unspecified atom stereocenters. The molecule has 0 fully saturated rings. The Morgan fingerprint density at radius 2 is 2.20 bits per heavy atom. The summed E-state index contributed by atoms with van der Waals surface area (Å²) in [5.74, 6) is 0.486. The number of rotatable bonds is 2. The Hall–Kier alpha value is -1.54. The number of hydrogen-bond acceptors (Lipinski definition) is 2. The van der Waals surface area contributed by atoms with Crippen molar-refractivity contribution in [2.45, 2.75) is 0 Å². The van der Waals surface area contributed by atoms with Crippen molar-refractivity contribution in [3.63, 3.8) is 0 Å². The number of hydrogen-bond donors (Lipinski definition) is 1. The quantitative estimate of drug-likeness (QED) is 0.622. The minimum atomic E-state index is 0.486. The molecule has 2 rings (SSSR count). The van der Waals surface area contributed by atoms with E-state index >= 15 is 0 Å². The van der Waals surface area contributed by atoms with Gasteiger partial charge in [-0.3, -0.25) is 4.98 Å². The van der Waals surface area contributed by atoms with E-state index < -0.39 is 0 Å². The molecule has 2 N–H and O–H groups in total. The van der Waals surface area contributed by atoms with Gasteiger partial charge < -0.3 is 5.73 Å². The Bertz CT molecular complexity index is 506. The molecule has 0 amide bonds. The number of nitrogen functional groups attached to an aromatic ring is 1. The summed E-state index contributed by atoms with van der Waals surface area (Å²) in [4.78, 5) is 4.26.